The SMILES string of the molecule is CCC(C)(C)CN1CCC[C@H]1[C@@H]1CCCN1CC(C)(C)CC. The van der Waals surface area contributed by atoms with Gasteiger partial charge in [-0.3, -0.25) is 9.80 Å². The molecule has 0 spiro atoms. The van der Waals surface area contributed by atoms with Crippen molar-refractivity contribution in [2.45, 2.75) is 92.2 Å². The van der Waals surface area contributed by atoms with Crippen LogP contribution in [0.3, 0.4) is 0 Å². The highest BCUT2D eigenvalue weighted by molar-refractivity contribution is 4.96. The van der Waals surface area contributed by atoms with Gasteiger partial charge in [0.05, 0.1) is 0 Å². The second kappa shape index (κ2) is 7.21. The fourth-order valence-corrected chi connectivity index (χ4v) is 4.29. The Morgan fingerprint density at radius 2 is 1.09 bits per heavy atom. The lowest BCUT2D eigenvalue weighted by atomic mass is 9.88. The first kappa shape index (κ1) is 18.3. The third-order valence-corrected chi connectivity index (χ3v) is 6.45. The van der Waals surface area contributed by atoms with Crippen molar-refractivity contribution in [2.24, 2.45) is 10.8 Å². The Kier molecular flexibility index (Phi) is 5.99. The van der Waals surface area contributed by atoms with E-state index in [9.17, 15) is 0 Å². The highest BCUT2D eigenvalue weighted by Crippen LogP contribution is 2.35. The zero-order valence-corrected chi connectivity index (χ0v) is 16.1. The predicted octanol–water partition coefficient (Wildman–Crippen LogP) is 4.79. The van der Waals surface area contributed by atoms with E-state index in [4.69, 9.17) is 0 Å². The van der Waals surface area contributed by atoms with Crippen LogP contribution in [0, 0.1) is 10.8 Å². The molecule has 2 fully saturated rings. The van der Waals surface area contributed by atoms with Gasteiger partial charge in [0.2, 0.25) is 0 Å². The lowest BCUT2D eigenvalue weighted by molar-refractivity contribution is 0.0772. The lowest BCUT2D eigenvalue weighted by Gasteiger charge is -2.41. The van der Waals surface area contributed by atoms with E-state index < -0.39 is 0 Å². The molecule has 0 aliphatic carbocycles. The fraction of sp³-hybridized carbons (Fsp3) is 1.00. The zero-order valence-electron chi connectivity index (χ0n) is 16.1. The highest BCUT2D eigenvalue weighted by Gasteiger charge is 2.40. The van der Waals surface area contributed by atoms with Crippen molar-refractivity contribution in [3.63, 3.8) is 0 Å². The van der Waals surface area contributed by atoms with Crippen LogP contribution in [0.25, 0.3) is 0 Å². The van der Waals surface area contributed by atoms with Crippen molar-refractivity contribution in [1.29, 1.82) is 0 Å². The maximum Gasteiger partial charge on any atom is 0.0252 e. The molecule has 22 heavy (non-hydrogen) atoms. The Labute approximate surface area is 139 Å². The average molecular weight is 309 g/mol. The minimum Gasteiger partial charge on any atom is -0.298 e. The van der Waals surface area contributed by atoms with Gasteiger partial charge in [0.25, 0.3) is 0 Å². The molecule has 0 unspecified atom stereocenters. The summed E-state index contributed by atoms with van der Waals surface area (Å²) >= 11 is 0. The van der Waals surface area contributed by atoms with Gasteiger partial charge in [0.15, 0.2) is 0 Å². The summed E-state index contributed by atoms with van der Waals surface area (Å²) in [4.78, 5) is 5.68. The molecular formula is C20H40N2. The molecule has 2 nitrogen and oxygen atoms in total. The van der Waals surface area contributed by atoms with E-state index >= 15 is 0 Å². The van der Waals surface area contributed by atoms with Gasteiger partial charge in [-0.05, 0) is 62.4 Å². The van der Waals surface area contributed by atoms with Gasteiger partial charge in [-0.15, -0.1) is 0 Å². The molecule has 0 saturated carbocycles. The molecule has 2 saturated heterocycles. The first-order valence-electron chi connectivity index (χ1n) is 9.76. The summed E-state index contributed by atoms with van der Waals surface area (Å²) in [6, 6.07) is 1.64. The molecule has 0 aromatic carbocycles. The summed E-state index contributed by atoms with van der Waals surface area (Å²) in [7, 11) is 0. The van der Waals surface area contributed by atoms with Gasteiger partial charge in [0, 0.05) is 25.2 Å². The van der Waals surface area contributed by atoms with Crippen LogP contribution in [0.2, 0.25) is 0 Å². The van der Waals surface area contributed by atoms with E-state index in [1.165, 1.54) is 64.7 Å². The highest BCUT2D eigenvalue weighted by atomic mass is 15.3. The molecule has 0 radical (unpaired) electrons. The fourth-order valence-electron chi connectivity index (χ4n) is 4.29. The van der Waals surface area contributed by atoms with Crippen molar-refractivity contribution < 1.29 is 0 Å². The largest absolute Gasteiger partial charge is 0.298 e. The maximum atomic E-state index is 2.84. The first-order valence-corrected chi connectivity index (χ1v) is 9.76. The molecular weight excluding hydrogens is 268 g/mol. The number of nitrogens with zero attached hydrogens (tertiary/aromatic N) is 2. The first-order chi connectivity index (χ1) is 10.3. The standard InChI is InChI=1S/C20H40N2/c1-7-19(3,4)15-21-13-9-11-17(21)18-12-10-14-22(18)16-20(5,6)8-2/h17-18H,7-16H2,1-6H3/t17-,18-/m0/s1. The van der Waals surface area contributed by atoms with Gasteiger partial charge < -0.3 is 0 Å². The van der Waals surface area contributed by atoms with Gasteiger partial charge in [-0.25, -0.2) is 0 Å². The van der Waals surface area contributed by atoms with Crippen LogP contribution < -0.4 is 0 Å². The summed E-state index contributed by atoms with van der Waals surface area (Å²) in [6.07, 6.45) is 8.24. The summed E-state index contributed by atoms with van der Waals surface area (Å²) in [5.74, 6) is 0. The number of hydrogen-bond acceptors (Lipinski definition) is 2. The van der Waals surface area contributed by atoms with Crippen molar-refractivity contribution in [3.05, 3.63) is 0 Å². The molecule has 0 N–H and O–H groups in total. The Bertz CT molecular complexity index is 314. The molecule has 2 aliphatic heterocycles. The molecule has 0 bridgehead atoms. The normalized spacial score (nSPS) is 28.6. The van der Waals surface area contributed by atoms with Gasteiger partial charge in [-0.2, -0.15) is 0 Å². The van der Waals surface area contributed by atoms with Crippen molar-refractivity contribution in [1.82, 2.24) is 9.80 Å². The van der Waals surface area contributed by atoms with Gasteiger partial charge in [-0.1, -0.05) is 41.5 Å². The second-order valence-electron chi connectivity index (χ2n) is 9.40. The Balaban J connectivity index is 2.02. The maximum absolute atomic E-state index is 2.84. The summed E-state index contributed by atoms with van der Waals surface area (Å²) < 4.78 is 0. The lowest BCUT2D eigenvalue weighted by Crippen LogP contribution is -2.50. The molecule has 2 heterocycles. The minimum atomic E-state index is 0.467. The molecule has 2 heteroatoms. The van der Waals surface area contributed by atoms with Crippen LogP contribution in [0.1, 0.15) is 80.1 Å². The smallest absolute Gasteiger partial charge is 0.0252 e. The second-order valence-corrected chi connectivity index (χ2v) is 9.40. The van der Waals surface area contributed by atoms with E-state index in [2.05, 4.69) is 51.3 Å². The number of likely N-dealkylation sites (tertiary alicyclic amines) is 2. The molecule has 2 atom stereocenters. The third-order valence-electron chi connectivity index (χ3n) is 6.45. The van der Waals surface area contributed by atoms with Crippen LogP contribution in [-0.4, -0.2) is 48.1 Å². The quantitative estimate of drug-likeness (QED) is 0.667. The minimum absolute atomic E-state index is 0.467. The topological polar surface area (TPSA) is 6.48 Å². The van der Waals surface area contributed by atoms with Crippen LogP contribution in [0.5, 0.6) is 0 Å². The average Bonchev–Trinajstić information content (AvgIpc) is 3.07. The van der Waals surface area contributed by atoms with E-state index in [-0.39, 0.29) is 0 Å². The molecule has 0 amide bonds. The molecule has 130 valence electrons. The van der Waals surface area contributed by atoms with Gasteiger partial charge in [0.1, 0.15) is 0 Å². The summed E-state index contributed by atoms with van der Waals surface area (Å²) in [5.41, 5.74) is 0.934. The number of rotatable bonds is 7. The Hall–Kier alpha value is -0.0800. The zero-order chi connectivity index (χ0) is 16.4. The van der Waals surface area contributed by atoms with Crippen LogP contribution in [0.4, 0.5) is 0 Å². The van der Waals surface area contributed by atoms with Crippen molar-refractivity contribution >= 4 is 0 Å². The summed E-state index contributed by atoms with van der Waals surface area (Å²) in [6.45, 7) is 19.7. The van der Waals surface area contributed by atoms with Crippen LogP contribution in [0.15, 0.2) is 0 Å². The predicted molar refractivity (Wildman–Crippen MR) is 97.3 cm³/mol. The van der Waals surface area contributed by atoms with E-state index in [0.29, 0.717) is 10.8 Å². The number of hydrogen-bond donors (Lipinski definition) is 0. The van der Waals surface area contributed by atoms with Gasteiger partial charge >= 0.3 is 0 Å². The van der Waals surface area contributed by atoms with E-state index in [1.54, 1.807) is 0 Å². The monoisotopic (exact) mass is 308 g/mol. The summed E-state index contributed by atoms with van der Waals surface area (Å²) in [5, 5.41) is 0. The Morgan fingerprint density at radius 3 is 1.41 bits per heavy atom. The van der Waals surface area contributed by atoms with E-state index in [0.717, 1.165) is 12.1 Å². The Morgan fingerprint density at radius 1 is 0.727 bits per heavy atom. The molecule has 0 aromatic rings. The molecule has 2 aliphatic rings. The van der Waals surface area contributed by atoms with Crippen LogP contribution in [-0.2, 0) is 0 Å². The molecule has 2 rings (SSSR count). The van der Waals surface area contributed by atoms with Crippen LogP contribution >= 0.6 is 0 Å². The molecule has 0 aromatic heterocycles. The third kappa shape index (κ3) is 4.47. The van der Waals surface area contributed by atoms with Crippen molar-refractivity contribution in [2.75, 3.05) is 26.2 Å². The van der Waals surface area contributed by atoms with Crippen molar-refractivity contribution in [3.8, 4) is 0 Å². The van der Waals surface area contributed by atoms with E-state index in [1.807, 2.05) is 0 Å².